The van der Waals surface area contributed by atoms with Gasteiger partial charge in [-0.2, -0.15) is 0 Å². The molecule has 3 aliphatic rings. The van der Waals surface area contributed by atoms with Crippen LogP contribution in [0.1, 0.15) is 12.8 Å². The largest absolute Gasteiger partial charge is 0.342 e. The van der Waals surface area contributed by atoms with Crippen LogP contribution in [0.3, 0.4) is 0 Å². The van der Waals surface area contributed by atoms with Gasteiger partial charge in [0.1, 0.15) is 5.69 Å². The predicted molar refractivity (Wildman–Crippen MR) is 103 cm³/mol. The number of aromatic nitrogens is 4. The molecule has 5 heterocycles. The van der Waals surface area contributed by atoms with E-state index in [4.69, 9.17) is 0 Å². The summed E-state index contributed by atoms with van der Waals surface area (Å²) >= 11 is 0. The third-order valence-electron chi connectivity index (χ3n) is 5.84. The van der Waals surface area contributed by atoms with E-state index in [1.54, 1.807) is 17.2 Å². The molecule has 0 spiro atoms. The molecular formula is C20H26N6O. The lowest BCUT2D eigenvalue weighted by Crippen LogP contribution is -2.58. The van der Waals surface area contributed by atoms with E-state index in [1.807, 2.05) is 36.1 Å². The predicted octanol–water partition coefficient (Wildman–Crippen LogP) is 1.69. The van der Waals surface area contributed by atoms with Crippen LogP contribution in [-0.2, 0) is 11.3 Å². The highest BCUT2D eigenvalue weighted by atomic mass is 16.2. The molecule has 1 unspecified atom stereocenters. The molecule has 0 aromatic carbocycles. The molecule has 3 aliphatic heterocycles. The zero-order chi connectivity index (χ0) is 18.8. The Hall–Kier alpha value is -2.54. The van der Waals surface area contributed by atoms with Crippen molar-refractivity contribution in [2.45, 2.75) is 25.4 Å². The molecule has 3 saturated heterocycles. The van der Waals surface area contributed by atoms with E-state index < -0.39 is 0 Å². The van der Waals surface area contributed by atoms with Crippen LogP contribution in [0.2, 0.25) is 0 Å². The second-order valence-electron chi connectivity index (χ2n) is 7.59. The van der Waals surface area contributed by atoms with Gasteiger partial charge in [0.25, 0.3) is 0 Å². The van der Waals surface area contributed by atoms with Crippen molar-refractivity contribution in [3.63, 3.8) is 0 Å². The van der Waals surface area contributed by atoms with E-state index in [-0.39, 0.29) is 11.8 Å². The van der Waals surface area contributed by atoms with E-state index in [1.165, 1.54) is 0 Å². The van der Waals surface area contributed by atoms with Crippen LogP contribution in [0.25, 0.3) is 11.4 Å². The van der Waals surface area contributed by atoms with Gasteiger partial charge in [-0.3, -0.25) is 19.4 Å². The number of amides is 1. The summed E-state index contributed by atoms with van der Waals surface area (Å²) in [5, 5.41) is 8.55. The highest BCUT2D eigenvalue weighted by Crippen LogP contribution is 2.37. The molecule has 2 bridgehead atoms. The summed E-state index contributed by atoms with van der Waals surface area (Å²) < 4.78 is 1.91. The molecule has 1 amide bonds. The molecule has 27 heavy (non-hydrogen) atoms. The van der Waals surface area contributed by atoms with Gasteiger partial charge >= 0.3 is 0 Å². The van der Waals surface area contributed by atoms with E-state index in [9.17, 15) is 4.79 Å². The molecule has 0 N–H and O–H groups in total. The standard InChI is InChI=1S/C20H26N6O/c1-3-9-24(2)20(27)17-13-25-10-7-15(17)11-16(25)12-26-14-19(22-23-26)18-6-4-5-8-21-18/h3-6,8,14-17H,1,7,9-13H2,2H3/t15-,16+,17-/m0/s1. The van der Waals surface area contributed by atoms with Crippen molar-refractivity contribution in [2.75, 3.05) is 26.7 Å². The Bertz CT molecular complexity index is 804. The van der Waals surface area contributed by atoms with Crippen molar-refractivity contribution in [1.29, 1.82) is 0 Å². The number of nitrogens with zero attached hydrogens (tertiary/aromatic N) is 6. The van der Waals surface area contributed by atoms with E-state index in [0.717, 1.165) is 43.9 Å². The summed E-state index contributed by atoms with van der Waals surface area (Å²) in [6.45, 7) is 7.06. The van der Waals surface area contributed by atoms with Crippen LogP contribution in [0.15, 0.2) is 43.2 Å². The van der Waals surface area contributed by atoms with Crippen molar-refractivity contribution >= 4 is 5.91 Å². The normalized spacial score (nSPS) is 26.7. The minimum Gasteiger partial charge on any atom is -0.342 e. The smallest absolute Gasteiger partial charge is 0.227 e. The Morgan fingerprint density at radius 1 is 1.41 bits per heavy atom. The quantitative estimate of drug-likeness (QED) is 0.728. The molecular weight excluding hydrogens is 340 g/mol. The van der Waals surface area contributed by atoms with Gasteiger partial charge in [0.2, 0.25) is 5.91 Å². The van der Waals surface area contributed by atoms with Gasteiger partial charge in [0.05, 0.1) is 24.4 Å². The Morgan fingerprint density at radius 3 is 3.00 bits per heavy atom. The Balaban J connectivity index is 1.41. The van der Waals surface area contributed by atoms with Crippen molar-refractivity contribution in [3.05, 3.63) is 43.2 Å². The topological polar surface area (TPSA) is 67.2 Å². The number of fused-ring (bicyclic) bond motifs is 3. The number of rotatable bonds is 6. The first-order valence-corrected chi connectivity index (χ1v) is 9.57. The molecule has 0 radical (unpaired) electrons. The summed E-state index contributed by atoms with van der Waals surface area (Å²) in [4.78, 5) is 21.3. The maximum Gasteiger partial charge on any atom is 0.227 e. The Kier molecular flexibility index (Phi) is 5.03. The van der Waals surface area contributed by atoms with Crippen LogP contribution in [0.4, 0.5) is 0 Å². The summed E-state index contributed by atoms with van der Waals surface area (Å²) in [6, 6.07) is 6.20. The molecule has 2 aromatic rings. The Morgan fingerprint density at radius 2 is 2.30 bits per heavy atom. The summed E-state index contributed by atoms with van der Waals surface area (Å²) in [5.41, 5.74) is 1.64. The first-order chi connectivity index (χ1) is 13.2. The summed E-state index contributed by atoms with van der Waals surface area (Å²) in [5.74, 6) is 0.819. The molecule has 7 nitrogen and oxygen atoms in total. The third-order valence-corrected chi connectivity index (χ3v) is 5.84. The van der Waals surface area contributed by atoms with Crippen molar-refractivity contribution in [3.8, 4) is 11.4 Å². The lowest BCUT2D eigenvalue weighted by atomic mass is 9.75. The number of carbonyl (C=O) groups excluding carboxylic acids is 1. The number of pyridine rings is 1. The van der Waals surface area contributed by atoms with Gasteiger partial charge in [0, 0.05) is 32.4 Å². The lowest BCUT2D eigenvalue weighted by Gasteiger charge is -2.49. The van der Waals surface area contributed by atoms with Gasteiger partial charge < -0.3 is 4.90 Å². The van der Waals surface area contributed by atoms with Crippen LogP contribution < -0.4 is 0 Å². The van der Waals surface area contributed by atoms with E-state index in [2.05, 4.69) is 26.8 Å². The monoisotopic (exact) mass is 366 g/mol. The molecule has 4 atom stereocenters. The van der Waals surface area contributed by atoms with Gasteiger partial charge in [-0.25, -0.2) is 0 Å². The fraction of sp³-hybridized carbons (Fsp3) is 0.500. The number of likely N-dealkylation sites (N-methyl/N-ethyl adjacent to an activating group) is 1. The number of hydrogen-bond donors (Lipinski definition) is 0. The van der Waals surface area contributed by atoms with Crippen LogP contribution in [0.5, 0.6) is 0 Å². The van der Waals surface area contributed by atoms with Gasteiger partial charge in [-0.05, 0) is 37.4 Å². The maximum absolute atomic E-state index is 12.7. The fourth-order valence-corrected chi connectivity index (χ4v) is 4.41. The van der Waals surface area contributed by atoms with Gasteiger partial charge in [-0.15, -0.1) is 11.7 Å². The molecule has 5 rings (SSSR count). The molecule has 2 aromatic heterocycles. The second-order valence-corrected chi connectivity index (χ2v) is 7.59. The number of hydrogen-bond acceptors (Lipinski definition) is 5. The average molecular weight is 366 g/mol. The van der Waals surface area contributed by atoms with E-state index in [0.29, 0.717) is 18.5 Å². The lowest BCUT2D eigenvalue weighted by molar-refractivity contribution is -0.142. The van der Waals surface area contributed by atoms with Gasteiger partial charge in [-0.1, -0.05) is 17.4 Å². The fourth-order valence-electron chi connectivity index (χ4n) is 4.41. The van der Waals surface area contributed by atoms with Gasteiger partial charge in [0.15, 0.2) is 0 Å². The molecule has 142 valence electrons. The molecule has 3 fully saturated rings. The average Bonchev–Trinajstić information content (AvgIpc) is 3.17. The maximum atomic E-state index is 12.7. The number of carbonyl (C=O) groups is 1. The van der Waals surface area contributed by atoms with Crippen LogP contribution >= 0.6 is 0 Å². The zero-order valence-corrected chi connectivity index (χ0v) is 15.7. The third kappa shape index (κ3) is 3.64. The molecule has 0 saturated carbocycles. The summed E-state index contributed by atoms with van der Waals surface area (Å²) in [6.07, 6.45) is 7.65. The highest BCUT2D eigenvalue weighted by molar-refractivity contribution is 5.79. The number of piperidine rings is 3. The first kappa shape index (κ1) is 17.9. The van der Waals surface area contributed by atoms with E-state index >= 15 is 0 Å². The molecule has 7 heteroatoms. The van der Waals surface area contributed by atoms with Crippen molar-refractivity contribution in [1.82, 2.24) is 29.8 Å². The SMILES string of the molecule is C=CCN(C)C(=O)[C@H]1CN2CC[C@H]1C[C@@H]2Cn1cc(-c2ccccn2)nn1. The van der Waals surface area contributed by atoms with Crippen LogP contribution in [-0.4, -0.2) is 68.4 Å². The Labute approximate surface area is 159 Å². The van der Waals surface area contributed by atoms with Crippen LogP contribution in [0, 0.1) is 11.8 Å². The molecule has 0 aliphatic carbocycles. The van der Waals surface area contributed by atoms with Crippen molar-refractivity contribution < 1.29 is 4.79 Å². The van der Waals surface area contributed by atoms with Crippen molar-refractivity contribution in [2.24, 2.45) is 11.8 Å². The first-order valence-electron chi connectivity index (χ1n) is 9.57. The zero-order valence-electron chi connectivity index (χ0n) is 15.7. The highest BCUT2D eigenvalue weighted by Gasteiger charge is 2.44. The summed E-state index contributed by atoms with van der Waals surface area (Å²) in [7, 11) is 1.87. The second kappa shape index (κ2) is 7.60. The minimum absolute atomic E-state index is 0.111. The minimum atomic E-state index is 0.111.